The number of aliphatic hydroxyl groups is 1. The summed E-state index contributed by atoms with van der Waals surface area (Å²) in [7, 11) is 0. The Morgan fingerprint density at radius 2 is 2.05 bits per heavy atom. The number of carbonyl (C=O) groups is 1. The molecule has 4 rings (SSSR count). The molecule has 0 radical (unpaired) electrons. The summed E-state index contributed by atoms with van der Waals surface area (Å²) in [5.74, 6) is 0.476. The van der Waals surface area contributed by atoms with Crippen LogP contribution in [-0.4, -0.2) is 43.8 Å². The van der Waals surface area contributed by atoms with Crippen molar-refractivity contribution in [1.82, 2.24) is 24.8 Å². The molecule has 1 atom stereocenters. The number of hydrogen-bond donors (Lipinski definition) is 5. The normalized spacial score (nSPS) is 11.5. The van der Waals surface area contributed by atoms with Crippen molar-refractivity contribution in [2.24, 2.45) is 0 Å². The van der Waals surface area contributed by atoms with Gasteiger partial charge >= 0.3 is 6.03 Å². The second-order valence-electron chi connectivity index (χ2n) is 8.22. The number of urea groups is 1. The van der Waals surface area contributed by atoms with Crippen LogP contribution < -0.4 is 27.2 Å². The van der Waals surface area contributed by atoms with Gasteiger partial charge in [0, 0.05) is 18.8 Å². The molecule has 2 amide bonds. The number of fused-ring (bicyclic) bond motifs is 1. The monoisotopic (exact) mass is 533 g/mol. The number of rotatable bonds is 8. The number of aliphatic hydroxyl groups excluding tert-OH is 1. The summed E-state index contributed by atoms with van der Waals surface area (Å²) in [5, 5.41) is 27.5. The van der Waals surface area contributed by atoms with Gasteiger partial charge in [-0.3, -0.25) is 9.36 Å². The number of carbonyl (C=O) groups excluding carboxylic acids is 1. The minimum Gasteiger partial charge on any atom is -0.396 e. The lowest BCUT2D eigenvalue weighted by atomic mass is 10.2. The van der Waals surface area contributed by atoms with Gasteiger partial charge in [-0.15, -0.1) is 0 Å². The molecule has 0 bridgehead atoms. The van der Waals surface area contributed by atoms with Crippen LogP contribution >= 0.6 is 11.6 Å². The quantitative estimate of drug-likeness (QED) is 0.212. The molecule has 0 fully saturated rings. The molecule has 38 heavy (non-hydrogen) atoms. The van der Waals surface area contributed by atoms with Crippen molar-refractivity contribution in [1.29, 1.82) is 5.26 Å². The summed E-state index contributed by atoms with van der Waals surface area (Å²) in [4.78, 5) is 38.7. The third kappa shape index (κ3) is 5.49. The molecule has 0 saturated carbocycles. The minimum atomic E-state index is -0.650. The molecule has 4 aromatic rings. The van der Waals surface area contributed by atoms with E-state index in [1.165, 1.54) is 10.9 Å². The van der Waals surface area contributed by atoms with Crippen molar-refractivity contribution >= 4 is 45.9 Å². The topological polar surface area (TPSA) is 184 Å². The van der Waals surface area contributed by atoms with Gasteiger partial charge in [-0.05, 0) is 43.7 Å². The number of nitrogens with one attached hydrogen (secondary N) is 3. The lowest BCUT2D eigenvalue weighted by Crippen LogP contribution is -2.30. The fraction of sp³-hybridized carbons (Fsp3) is 0.200. The number of nitriles is 1. The van der Waals surface area contributed by atoms with Gasteiger partial charge in [-0.2, -0.15) is 5.26 Å². The highest BCUT2D eigenvalue weighted by Crippen LogP contribution is 2.27. The number of nitrogens with zero attached hydrogens (tertiary/aromatic N) is 5. The van der Waals surface area contributed by atoms with Crippen LogP contribution in [0.1, 0.15) is 30.8 Å². The van der Waals surface area contributed by atoms with E-state index < -0.39 is 12.1 Å². The number of para-hydroxylation sites is 1. The van der Waals surface area contributed by atoms with E-state index in [0.29, 0.717) is 40.3 Å². The largest absolute Gasteiger partial charge is 0.396 e. The molecular weight excluding hydrogens is 510 g/mol. The van der Waals surface area contributed by atoms with Crippen LogP contribution in [0, 0.1) is 11.3 Å². The average molecular weight is 534 g/mol. The summed E-state index contributed by atoms with van der Waals surface area (Å²) in [6.07, 6.45) is 1.65. The van der Waals surface area contributed by atoms with Crippen molar-refractivity contribution < 1.29 is 9.90 Å². The predicted molar refractivity (Wildman–Crippen MR) is 144 cm³/mol. The number of halogens is 1. The van der Waals surface area contributed by atoms with Crippen molar-refractivity contribution in [3.05, 3.63) is 75.6 Å². The zero-order valence-corrected chi connectivity index (χ0v) is 21.0. The van der Waals surface area contributed by atoms with Crippen molar-refractivity contribution in [3.8, 4) is 11.8 Å². The fourth-order valence-corrected chi connectivity index (χ4v) is 4.01. The van der Waals surface area contributed by atoms with Gasteiger partial charge in [0.15, 0.2) is 0 Å². The molecule has 194 valence electrons. The van der Waals surface area contributed by atoms with Crippen LogP contribution in [-0.2, 0) is 0 Å². The Balaban J connectivity index is 1.81. The van der Waals surface area contributed by atoms with Crippen molar-refractivity contribution in [2.75, 3.05) is 29.5 Å². The summed E-state index contributed by atoms with van der Waals surface area (Å²) >= 11 is 6.39. The van der Waals surface area contributed by atoms with E-state index >= 15 is 0 Å². The number of anilines is 3. The van der Waals surface area contributed by atoms with E-state index in [1.54, 1.807) is 49.4 Å². The number of nitrogen functional groups attached to an aromatic ring is 1. The Morgan fingerprint density at radius 3 is 2.82 bits per heavy atom. The Bertz CT molecular complexity index is 1600. The lowest BCUT2D eigenvalue weighted by molar-refractivity contribution is 0.249. The first-order valence-electron chi connectivity index (χ1n) is 11.6. The number of amides is 2. The smallest absolute Gasteiger partial charge is 0.319 e. The van der Waals surface area contributed by atoms with Gasteiger partial charge in [0.2, 0.25) is 0 Å². The number of benzene rings is 2. The molecule has 0 saturated heterocycles. The average Bonchev–Trinajstić information content (AvgIpc) is 2.89. The lowest BCUT2D eigenvalue weighted by Gasteiger charge is -2.21. The highest BCUT2D eigenvalue weighted by molar-refractivity contribution is 6.35. The maximum atomic E-state index is 13.8. The highest BCUT2D eigenvalue weighted by Gasteiger charge is 2.21. The molecule has 0 aliphatic rings. The molecule has 2 heterocycles. The van der Waals surface area contributed by atoms with Crippen molar-refractivity contribution in [3.63, 3.8) is 0 Å². The molecule has 13 heteroatoms. The second-order valence-corrected chi connectivity index (χ2v) is 8.62. The predicted octanol–water partition coefficient (Wildman–Crippen LogP) is 2.96. The molecule has 6 N–H and O–H groups in total. The van der Waals surface area contributed by atoms with Crippen LogP contribution in [0.2, 0.25) is 5.02 Å². The van der Waals surface area contributed by atoms with Crippen LogP contribution in [0.15, 0.2) is 53.6 Å². The summed E-state index contributed by atoms with van der Waals surface area (Å²) in [6.45, 7) is 2.02. The van der Waals surface area contributed by atoms with E-state index in [4.69, 9.17) is 27.4 Å². The van der Waals surface area contributed by atoms with Gasteiger partial charge in [-0.25, -0.2) is 19.7 Å². The van der Waals surface area contributed by atoms with Gasteiger partial charge in [0.25, 0.3) is 5.56 Å². The fourth-order valence-electron chi connectivity index (χ4n) is 3.80. The molecule has 0 aliphatic heterocycles. The molecule has 2 aromatic heterocycles. The first kappa shape index (κ1) is 26.3. The van der Waals surface area contributed by atoms with Crippen LogP contribution in [0.4, 0.5) is 22.1 Å². The highest BCUT2D eigenvalue weighted by atomic mass is 35.5. The molecular formula is C25H24ClN9O3. The Labute approximate surface area is 222 Å². The van der Waals surface area contributed by atoms with E-state index in [9.17, 15) is 14.9 Å². The van der Waals surface area contributed by atoms with Crippen LogP contribution in [0.25, 0.3) is 16.6 Å². The molecule has 0 aliphatic carbocycles. The van der Waals surface area contributed by atoms with Gasteiger partial charge in [-0.1, -0.05) is 23.7 Å². The molecule has 0 spiro atoms. The Morgan fingerprint density at radius 1 is 1.26 bits per heavy atom. The van der Waals surface area contributed by atoms with E-state index in [1.807, 2.05) is 6.07 Å². The second kappa shape index (κ2) is 11.5. The first-order chi connectivity index (χ1) is 18.3. The molecule has 2 aromatic carbocycles. The third-order valence-electron chi connectivity index (χ3n) is 5.59. The summed E-state index contributed by atoms with van der Waals surface area (Å²) in [6, 6.07) is 12.5. The zero-order valence-electron chi connectivity index (χ0n) is 20.3. The first-order valence-corrected chi connectivity index (χ1v) is 12.0. The standard InChI is InChI=1S/C25H24ClN9O3/c1-14(32-22-18(12-27)21(28)30-13-31-22)23-34-20-17(7-3-8-19(20)26)24(37)35(23)16-6-2-5-15(11-16)33-25(38)29-9-4-10-36/h2-3,5-8,11,13-14,36H,4,9-10H2,1H3,(H2,29,33,38)(H3,28,30,31,32). The minimum absolute atomic E-state index is 0.0140. The van der Waals surface area contributed by atoms with Crippen molar-refractivity contribution in [2.45, 2.75) is 19.4 Å². The van der Waals surface area contributed by atoms with Gasteiger partial charge < -0.3 is 26.8 Å². The van der Waals surface area contributed by atoms with E-state index in [2.05, 4.69) is 25.9 Å². The molecule has 12 nitrogen and oxygen atoms in total. The SMILES string of the molecule is CC(Nc1ncnc(N)c1C#N)c1nc2c(Cl)cccc2c(=O)n1-c1cccc(NC(=O)NCCCO)c1. The van der Waals surface area contributed by atoms with Crippen LogP contribution in [0.5, 0.6) is 0 Å². The summed E-state index contributed by atoms with van der Waals surface area (Å²) in [5.41, 5.74) is 6.69. The zero-order chi connectivity index (χ0) is 27.2. The Hall–Kier alpha value is -4.73. The maximum Gasteiger partial charge on any atom is 0.319 e. The molecule has 1 unspecified atom stereocenters. The van der Waals surface area contributed by atoms with Gasteiger partial charge in [0.1, 0.15) is 35.4 Å². The van der Waals surface area contributed by atoms with E-state index in [-0.39, 0.29) is 35.2 Å². The van der Waals surface area contributed by atoms with Crippen LogP contribution in [0.3, 0.4) is 0 Å². The van der Waals surface area contributed by atoms with Gasteiger partial charge in [0.05, 0.1) is 27.7 Å². The number of hydrogen-bond acceptors (Lipinski definition) is 9. The maximum absolute atomic E-state index is 13.8. The summed E-state index contributed by atoms with van der Waals surface area (Å²) < 4.78 is 1.40. The number of nitrogens with two attached hydrogens (primary N) is 1. The number of aromatic nitrogens is 4. The third-order valence-corrected chi connectivity index (χ3v) is 5.89. The Kier molecular flexibility index (Phi) is 8.00. The van der Waals surface area contributed by atoms with E-state index in [0.717, 1.165) is 0 Å².